The molecule has 0 aliphatic rings. The van der Waals surface area contributed by atoms with Crippen molar-refractivity contribution in [1.82, 2.24) is 9.97 Å². The number of rotatable bonds is 3. The number of imidazole rings is 1. The van der Waals surface area contributed by atoms with Crippen molar-refractivity contribution in [1.29, 1.82) is 0 Å². The number of carbonyl (C=O) groups is 1. The predicted octanol–water partition coefficient (Wildman–Crippen LogP) is 3.67. The molecule has 0 aliphatic carbocycles. The Labute approximate surface area is 134 Å². The van der Waals surface area contributed by atoms with Gasteiger partial charge in [0.1, 0.15) is 5.52 Å². The molecule has 3 aromatic rings. The van der Waals surface area contributed by atoms with Crippen LogP contribution in [0.15, 0.2) is 48.8 Å². The largest absolute Gasteiger partial charge is 0.416 e. The quantitative estimate of drug-likeness (QED) is 0.767. The Bertz CT molecular complexity index is 871. The predicted molar refractivity (Wildman–Crippen MR) is 83.3 cm³/mol. The fourth-order valence-electron chi connectivity index (χ4n) is 2.43. The van der Waals surface area contributed by atoms with E-state index in [1.54, 1.807) is 18.2 Å². The molecule has 5 nitrogen and oxygen atoms in total. The van der Waals surface area contributed by atoms with E-state index < -0.39 is 17.8 Å². The zero-order valence-corrected chi connectivity index (χ0v) is 12.3. The van der Waals surface area contributed by atoms with Gasteiger partial charge in [0.15, 0.2) is 0 Å². The number of hydrogen-bond donors (Lipinski definition) is 2. The summed E-state index contributed by atoms with van der Waals surface area (Å²) in [6.45, 7) is 0.0411. The van der Waals surface area contributed by atoms with E-state index >= 15 is 0 Å². The van der Waals surface area contributed by atoms with Crippen LogP contribution in [0.5, 0.6) is 0 Å². The lowest BCUT2D eigenvalue weighted by Crippen LogP contribution is -2.35. The van der Waals surface area contributed by atoms with Gasteiger partial charge >= 0.3 is 12.2 Å². The Kier molecular flexibility index (Phi) is 3.88. The molecular formula is C16H13F3N4O. The first-order valence-electron chi connectivity index (χ1n) is 7.01. The number of carbonyl (C=O) groups excluding carboxylic acids is 1. The number of fused-ring (bicyclic) bond motifs is 1. The summed E-state index contributed by atoms with van der Waals surface area (Å²) in [5.41, 5.74) is 7.00. The Hall–Kier alpha value is -3.03. The number of anilines is 1. The third kappa shape index (κ3) is 3.03. The van der Waals surface area contributed by atoms with E-state index in [0.717, 1.165) is 17.6 Å². The zero-order chi connectivity index (χ0) is 17.3. The monoisotopic (exact) mass is 334 g/mol. The van der Waals surface area contributed by atoms with Crippen LogP contribution in [0.2, 0.25) is 0 Å². The molecule has 1 aromatic heterocycles. The summed E-state index contributed by atoms with van der Waals surface area (Å²) in [7, 11) is 0. The van der Waals surface area contributed by atoms with Gasteiger partial charge < -0.3 is 10.7 Å². The summed E-state index contributed by atoms with van der Waals surface area (Å²) < 4.78 is 37.9. The number of urea groups is 1. The van der Waals surface area contributed by atoms with Gasteiger partial charge in [-0.15, -0.1) is 0 Å². The Morgan fingerprint density at radius 1 is 1.17 bits per heavy atom. The fourth-order valence-corrected chi connectivity index (χ4v) is 2.43. The van der Waals surface area contributed by atoms with Crippen molar-refractivity contribution >= 4 is 22.8 Å². The number of hydrogen-bond acceptors (Lipinski definition) is 2. The number of benzene rings is 2. The number of primary amides is 1. The van der Waals surface area contributed by atoms with Gasteiger partial charge in [-0.05, 0) is 29.8 Å². The lowest BCUT2D eigenvalue weighted by Gasteiger charge is -2.21. The molecule has 2 amide bonds. The topological polar surface area (TPSA) is 75.0 Å². The van der Waals surface area contributed by atoms with Crippen molar-refractivity contribution in [3.63, 3.8) is 0 Å². The van der Waals surface area contributed by atoms with Gasteiger partial charge in [0, 0.05) is 0 Å². The first-order chi connectivity index (χ1) is 11.4. The maximum atomic E-state index is 12.6. The number of nitrogens with two attached hydrogens (primary N) is 1. The molecule has 2 aromatic carbocycles. The maximum absolute atomic E-state index is 12.6. The summed E-state index contributed by atoms with van der Waals surface area (Å²) in [5, 5.41) is 0. The molecule has 1 heterocycles. The lowest BCUT2D eigenvalue weighted by atomic mass is 10.1. The number of halogens is 3. The minimum atomic E-state index is -4.40. The van der Waals surface area contributed by atoms with Crippen LogP contribution in [0, 0.1) is 0 Å². The third-order valence-electron chi connectivity index (χ3n) is 3.61. The van der Waals surface area contributed by atoms with Crippen LogP contribution < -0.4 is 10.6 Å². The van der Waals surface area contributed by atoms with Crippen LogP contribution >= 0.6 is 0 Å². The average molecular weight is 334 g/mol. The summed E-state index contributed by atoms with van der Waals surface area (Å²) >= 11 is 0. The highest BCUT2D eigenvalue weighted by atomic mass is 19.4. The van der Waals surface area contributed by atoms with E-state index in [-0.39, 0.29) is 6.54 Å². The average Bonchev–Trinajstić information content (AvgIpc) is 3.00. The van der Waals surface area contributed by atoms with Crippen LogP contribution in [0.25, 0.3) is 11.0 Å². The first kappa shape index (κ1) is 15.9. The van der Waals surface area contributed by atoms with Gasteiger partial charge in [0.05, 0.1) is 29.6 Å². The number of aromatic amines is 1. The highest BCUT2D eigenvalue weighted by Gasteiger charge is 2.30. The molecule has 24 heavy (non-hydrogen) atoms. The molecule has 3 N–H and O–H groups in total. The second-order valence-corrected chi connectivity index (χ2v) is 5.19. The van der Waals surface area contributed by atoms with Gasteiger partial charge in [-0.2, -0.15) is 13.2 Å². The van der Waals surface area contributed by atoms with E-state index in [9.17, 15) is 18.0 Å². The number of nitrogens with zero attached hydrogens (tertiary/aromatic N) is 2. The number of aromatic nitrogens is 2. The smallest absolute Gasteiger partial charge is 0.351 e. The van der Waals surface area contributed by atoms with Gasteiger partial charge in [-0.25, -0.2) is 9.78 Å². The van der Waals surface area contributed by atoms with Gasteiger partial charge in [-0.3, -0.25) is 4.90 Å². The van der Waals surface area contributed by atoms with Crippen molar-refractivity contribution in [3.8, 4) is 0 Å². The molecule has 0 saturated heterocycles. The standard InChI is InChI=1S/C16H13F3N4O/c17-16(18,19)11-6-4-10(5-7-11)8-23(15(20)24)13-3-1-2-12-14(13)22-9-21-12/h1-7,9H,8H2,(H2,20,24)(H,21,22). The third-order valence-corrected chi connectivity index (χ3v) is 3.61. The highest BCUT2D eigenvalue weighted by molar-refractivity contribution is 5.99. The zero-order valence-electron chi connectivity index (χ0n) is 12.3. The van der Waals surface area contributed by atoms with E-state index in [1.165, 1.54) is 23.4 Å². The molecule has 0 spiro atoms. The van der Waals surface area contributed by atoms with Crippen molar-refractivity contribution in [2.24, 2.45) is 5.73 Å². The lowest BCUT2D eigenvalue weighted by molar-refractivity contribution is -0.137. The Morgan fingerprint density at radius 3 is 2.50 bits per heavy atom. The van der Waals surface area contributed by atoms with Gasteiger partial charge in [0.2, 0.25) is 0 Å². The van der Waals surface area contributed by atoms with Crippen molar-refractivity contribution in [3.05, 3.63) is 59.9 Å². The summed E-state index contributed by atoms with van der Waals surface area (Å²) in [6, 6.07) is 9.09. The normalized spacial score (nSPS) is 11.6. The molecule has 0 atom stereocenters. The van der Waals surface area contributed by atoms with Gasteiger partial charge in [-0.1, -0.05) is 18.2 Å². The molecule has 124 valence electrons. The van der Waals surface area contributed by atoms with E-state index in [2.05, 4.69) is 9.97 Å². The van der Waals surface area contributed by atoms with Gasteiger partial charge in [0.25, 0.3) is 0 Å². The van der Waals surface area contributed by atoms with Crippen molar-refractivity contribution in [2.45, 2.75) is 12.7 Å². The molecule has 0 fully saturated rings. The molecule has 3 rings (SSSR count). The Balaban J connectivity index is 1.93. The number of amides is 2. The minimum Gasteiger partial charge on any atom is -0.351 e. The van der Waals surface area contributed by atoms with Crippen molar-refractivity contribution in [2.75, 3.05) is 4.90 Å². The van der Waals surface area contributed by atoms with Crippen LogP contribution in [0.3, 0.4) is 0 Å². The van der Waals surface area contributed by atoms with E-state index in [4.69, 9.17) is 5.73 Å². The number of alkyl halides is 3. The first-order valence-corrected chi connectivity index (χ1v) is 7.01. The molecule has 0 aliphatic heterocycles. The summed E-state index contributed by atoms with van der Waals surface area (Å²) in [5.74, 6) is 0. The second-order valence-electron chi connectivity index (χ2n) is 5.19. The molecule has 0 radical (unpaired) electrons. The van der Waals surface area contributed by atoms with Crippen LogP contribution in [-0.2, 0) is 12.7 Å². The second kappa shape index (κ2) is 5.88. The highest BCUT2D eigenvalue weighted by Crippen LogP contribution is 2.30. The fraction of sp³-hybridized carbons (Fsp3) is 0.125. The minimum absolute atomic E-state index is 0.0411. The maximum Gasteiger partial charge on any atom is 0.416 e. The number of para-hydroxylation sites is 1. The number of H-pyrrole nitrogens is 1. The molecule has 0 bridgehead atoms. The van der Waals surface area contributed by atoms with Crippen LogP contribution in [-0.4, -0.2) is 16.0 Å². The van der Waals surface area contributed by atoms with E-state index in [0.29, 0.717) is 16.8 Å². The summed E-state index contributed by atoms with van der Waals surface area (Å²) in [6.07, 6.45) is -2.91. The van der Waals surface area contributed by atoms with Crippen molar-refractivity contribution < 1.29 is 18.0 Å². The number of nitrogens with one attached hydrogen (secondary N) is 1. The van der Waals surface area contributed by atoms with Crippen LogP contribution in [0.4, 0.5) is 23.7 Å². The molecule has 8 heteroatoms. The molecule has 0 unspecified atom stereocenters. The molecule has 0 saturated carbocycles. The molecular weight excluding hydrogens is 321 g/mol. The summed E-state index contributed by atoms with van der Waals surface area (Å²) in [4.78, 5) is 20.2. The SMILES string of the molecule is NC(=O)N(Cc1ccc(C(F)(F)F)cc1)c1cccc2[nH]cnc12. The van der Waals surface area contributed by atoms with Crippen LogP contribution in [0.1, 0.15) is 11.1 Å². The van der Waals surface area contributed by atoms with E-state index in [1.807, 2.05) is 0 Å². The Morgan fingerprint density at radius 2 is 1.88 bits per heavy atom.